The summed E-state index contributed by atoms with van der Waals surface area (Å²) in [6.45, 7) is 7.66. The van der Waals surface area contributed by atoms with Crippen molar-refractivity contribution in [3.63, 3.8) is 0 Å². The van der Waals surface area contributed by atoms with Crippen molar-refractivity contribution in [2.45, 2.75) is 26.8 Å². The smallest absolute Gasteiger partial charge is 0.397 e. The number of nitrogens with zero attached hydrogens (tertiary/aromatic N) is 2. The summed E-state index contributed by atoms with van der Waals surface area (Å²) in [6, 6.07) is 5.84. The van der Waals surface area contributed by atoms with Crippen molar-refractivity contribution in [3.05, 3.63) is 28.8 Å². The van der Waals surface area contributed by atoms with Gasteiger partial charge in [-0.05, 0) is 44.5 Å². The van der Waals surface area contributed by atoms with Crippen molar-refractivity contribution in [2.24, 2.45) is 0 Å². The minimum Gasteiger partial charge on any atom is -0.459 e. The van der Waals surface area contributed by atoms with E-state index in [-0.39, 0.29) is 12.6 Å². The van der Waals surface area contributed by atoms with Gasteiger partial charge < -0.3 is 14.5 Å². The highest BCUT2D eigenvalue weighted by atomic mass is 35.5. The number of benzene rings is 1. The lowest BCUT2D eigenvalue weighted by Gasteiger charge is -2.40. The zero-order chi connectivity index (χ0) is 16.3. The second-order valence-electron chi connectivity index (χ2n) is 5.45. The van der Waals surface area contributed by atoms with E-state index >= 15 is 0 Å². The molecule has 22 heavy (non-hydrogen) atoms. The Morgan fingerprint density at radius 2 is 2.09 bits per heavy atom. The summed E-state index contributed by atoms with van der Waals surface area (Å²) < 4.78 is 4.79. The van der Waals surface area contributed by atoms with E-state index in [0.717, 1.165) is 16.3 Å². The van der Waals surface area contributed by atoms with Gasteiger partial charge in [0.2, 0.25) is 0 Å². The van der Waals surface area contributed by atoms with Gasteiger partial charge in [0.05, 0.1) is 6.61 Å². The molecule has 0 aromatic heterocycles. The van der Waals surface area contributed by atoms with Crippen LogP contribution in [0.3, 0.4) is 0 Å². The first-order valence-electron chi connectivity index (χ1n) is 7.42. The Labute approximate surface area is 135 Å². The van der Waals surface area contributed by atoms with E-state index in [4.69, 9.17) is 16.3 Å². The lowest BCUT2D eigenvalue weighted by atomic mass is 10.1. The van der Waals surface area contributed by atoms with Gasteiger partial charge in [0.25, 0.3) is 0 Å². The minimum absolute atomic E-state index is 0.0540. The average Bonchev–Trinajstić information content (AvgIpc) is 2.49. The molecule has 0 spiro atoms. The van der Waals surface area contributed by atoms with E-state index < -0.39 is 11.9 Å². The number of esters is 1. The number of rotatable bonds is 2. The summed E-state index contributed by atoms with van der Waals surface area (Å²) in [5.74, 6) is -1.33. The Hall–Kier alpha value is -1.75. The summed E-state index contributed by atoms with van der Waals surface area (Å²) in [5.41, 5.74) is 2.11. The monoisotopic (exact) mass is 324 g/mol. The van der Waals surface area contributed by atoms with Crippen LogP contribution in [0, 0.1) is 6.92 Å². The van der Waals surface area contributed by atoms with E-state index in [1.54, 1.807) is 11.8 Å². The van der Waals surface area contributed by atoms with Gasteiger partial charge in [0, 0.05) is 36.4 Å². The Bertz CT molecular complexity index is 577. The lowest BCUT2D eigenvalue weighted by Crippen LogP contribution is -2.56. The third kappa shape index (κ3) is 3.53. The quantitative estimate of drug-likeness (QED) is 0.618. The maximum absolute atomic E-state index is 12.1. The first-order valence-corrected chi connectivity index (χ1v) is 7.80. The standard InChI is InChI=1S/C16H21ClN2O3/c1-4-22-16(21)15(20)19-8-7-18(10-12(19)3)13-5-6-14(17)11(2)9-13/h5-6,9,12H,4,7-8,10H2,1-3H3/t12-/m1/s1. The maximum atomic E-state index is 12.1. The maximum Gasteiger partial charge on any atom is 0.397 e. The minimum atomic E-state index is -0.773. The van der Waals surface area contributed by atoms with Crippen LogP contribution in [0.5, 0.6) is 0 Å². The molecule has 1 aromatic rings. The van der Waals surface area contributed by atoms with Crippen molar-refractivity contribution < 1.29 is 14.3 Å². The summed E-state index contributed by atoms with van der Waals surface area (Å²) in [5, 5.41) is 0.743. The van der Waals surface area contributed by atoms with Gasteiger partial charge in [-0.15, -0.1) is 0 Å². The third-order valence-corrected chi connectivity index (χ3v) is 4.27. The highest BCUT2D eigenvalue weighted by molar-refractivity contribution is 6.32. The summed E-state index contributed by atoms with van der Waals surface area (Å²) in [6.07, 6.45) is 0. The van der Waals surface area contributed by atoms with Crippen LogP contribution < -0.4 is 4.90 Å². The van der Waals surface area contributed by atoms with Crippen LogP contribution in [0.4, 0.5) is 5.69 Å². The van der Waals surface area contributed by atoms with Crippen molar-refractivity contribution in [1.82, 2.24) is 4.90 Å². The number of anilines is 1. The van der Waals surface area contributed by atoms with Gasteiger partial charge in [-0.2, -0.15) is 0 Å². The Kier molecular flexibility index (Phi) is 5.29. The number of ether oxygens (including phenoxy) is 1. The van der Waals surface area contributed by atoms with Gasteiger partial charge in [0.15, 0.2) is 0 Å². The fourth-order valence-corrected chi connectivity index (χ4v) is 2.75. The molecule has 1 aromatic carbocycles. The van der Waals surface area contributed by atoms with Crippen LogP contribution in [-0.4, -0.2) is 49.1 Å². The first-order chi connectivity index (χ1) is 10.4. The number of carbonyl (C=O) groups excluding carboxylic acids is 2. The molecule has 0 bridgehead atoms. The van der Waals surface area contributed by atoms with Crippen molar-refractivity contribution in [1.29, 1.82) is 0 Å². The SMILES string of the molecule is CCOC(=O)C(=O)N1CCN(c2ccc(Cl)c(C)c2)C[C@H]1C. The predicted molar refractivity (Wildman–Crippen MR) is 86.2 cm³/mol. The highest BCUT2D eigenvalue weighted by Gasteiger charge is 2.32. The number of halogens is 1. The van der Waals surface area contributed by atoms with Crippen LogP contribution in [0.2, 0.25) is 5.02 Å². The molecule has 1 aliphatic heterocycles. The zero-order valence-electron chi connectivity index (χ0n) is 13.1. The Morgan fingerprint density at radius 1 is 1.36 bits per heavy atom. The second kappa shape index (κ2) is 7.01. The normalized spacial score (nSPS) is 18.3. The van der Waals surface area contributed by atoms with Crippen molar-refractivity contribution >= 4 is 29.2 Å². The van der Waals surface area contributed by atoms with E-state index in [2.05, 4.69) is 4.90 Å². The third-order valence-electron chi connectivity index (χ3n) is 3.85. The molecule has 0 unspecified atom stereocenters. The second-order valence-corrected chi connectivity index (χ2v) is 5.85. The van der Waals surface area contributed by atoms with Gasteiger partial charge in [0.1, 0.15) is 0 Å². The van der Waals surface area contributed by atoms with E-state index in [1.165, 1.54) is 0 Å². The van der Waals surface area contributed by atoms with Crippen LogP contribution in [0.25, 0.3) is 0 Å². The molecule has 1 amide bonds. The van der Waals surface area contributed by atoms with Crippen LogP contribution in [0.15, 0.2) is 18.2 Å². The van der Waals surface area contributed by atoms with Gasteiger partial charge in [-0.3, -0.25) is 4.79 Å². The summed E-state index contributed by atoms with van der Waals surface area (Å²) in [4.78, 5) is 27.4. The van der Waals surface area contributed by atoms with Gasteiger partial charge in [-0.1, -0.05) is 11.6 Å². The highest BCUT2D eigenvalue weighted by Crippen LogP contribution is 2.24. The average molecular weight is 325 g/mol. The first kappa shape index (κ1) is 16.6. The van der Waals surface area contributed by atoms with Crippen molar-refractivity contribution in [2.75, 3.05) is 31.1 Å². The molecule has 2 rings (SSSR count). The topological polar surface area (TPSA) is 49.9 Å². The number of piperazine rings is 1. The Balaban J connectivity index is 2.04. The summed E-state index contributed by atoms with van der Waals surface area (Å²) >= 11 is 6.05. The Morgan fingerprint density at radius 3 is 2.68 bits per heavy atom. The van der Waals surface area contributed by atoms with E-state index in [9.17, 15) is 9.59 Å². The van der Waals surface area contributed by atoms with Gasteiger partial charge in [-0.25, -0.2) is 4.79 Å². The molecule has 1 fully saturated rings. The fourth-order valence-electron chi connectivity index (χ4n) is 2.63. The summed E-state index contributed by atoms with van der Waals surface area (Å²) in [7, 11) is 0. The van der Waals surface area contributed by atoms with Gasteiger partial charge >= 0.3 is 11.9 Å². The molecule has 0 radical (unpaired) electrons. The molecule has 0 aliphatic carbocycles. The molecule has 1 saturated heterocycles. The molecule has 120 valence electrons. The zero-order valence-corrected chi connectivity index (χ0v) is 13.9. The number of hydrogen-bond donors (Lipinski definition) is 0. The van der Waals surface area contributed by atoms with Crippen LogP contribution in [0.1, 0.15) is 19.4 Å². The largest absolute Gasteiger partial charge is 0.459 e. The molecular weight excluding hydrogens is 304 g/mol. The molecular formula is C16H21ClN2O3. The molecule has 5 nitrogen and oxygen atoms in total. The number of carbonyl (C=O) groups is 2. The fraction of sp³-hybridized carbons (Fsp3) is 0.500. The molecule has 1 aliphatic rings. The van der Waals surface area contributed by atoms with Crippen LogP contribution in [-0.2, 0) is 14.3 Å². The molecule has 6 heteroatoms. The number of amides is 1. The number of aryl methyl sites for hydroxylation is 1. The predicted octanol–water partition coefficient (Wildman–Crippen LogP) is 2.25. The molecule has 0 saturated carbocycles. The van der Waals surface area contributed by atoms with Crippen LogP contribution >= 0.6 is 11.6 Å². The molecule has 1 heterocycles. The lowest BCUT2D eigenvalue weighted by molar-refractivity contribution is -0.161. The molecule has 1 atom stereocenters. The van der Waals surface area contributed by atoms with E-state index in [0.29, 0.717) is 19.6 Å². The van der Waals surface area contributed by atoms with Crippen molar-refractivity contribution in [3.8, 4) is 0 Å². The van der Waals surface area contributed by atoms with E-state index in [1.807, 2.05) is 32.0 Å². The molecule has 0 N–H and O–H groups in total. The number of hydrogen-bond acceptors (Lipinski definition) is 4.